The highest BCUT2D eigenvalue weighted by molar-refractivity contribution is 5.85. The van der Waals surface area contributed by atoms with Gasteiger partial charge < -0.3 is 20.9 Å². The molecular weight excluding hydrogens is 228 g/mol. The number of hydrogen-bond acceptors (Lipinski definition) is 4. The van der Waals surface area contributed by atoms with Gasteiger partial charge >= 0.3 is 0 Å². The Morgan fingerprint density at radius 3 is 1.94 bits per heavy atom. The second kappa shape index (κ2) is 6.58. The van der Waals surface area contributed by atoms with Crippen LogP contribution in [0.3, 0.4) is 0 Å². The van der Waals surface area contributed by atoms with Crippen LogP contribution in [0.4, 0.5) is 0 Å². The Kier molecular flexibility index (Phi) is 6.18. The van der Waals surface area contributed by atoms with Crippen LogP contribution in [-0.4, -0.2) is 20.8 Å². The van der Waals surface area contributed by atoms with Crippen molar-refractivity contribution in [2.75, 3.05) is 20.8 Å². The summed E-state index contributed by atoms with van der Waals surface area (Å²) in [5, 5.41) is 0. The third-order valence-electron chi connectivity index (χ3n) is 2.31. The number of benzene rings is 1. The zero-order valence-electron chi connectivity index (χ0n) is 9.82. The fourth-order valence-electron chi connectivity index (χ4n) is 1.55. The maximum absolute atomic E-state index is 5.91. The van der Waals surface area contributed by atoms with Gasteiger partial charge in [-0.15, -0.1) is 12.4 Å². The van der Waals surface area contributed by atoms with E-state index in [1.54, 1.807) is 14.2 Å². The third kappa shape index (κ3) is 3.01. The molecule has 1 atom stereocenters. The van der Waals surface area contributed by atoms with Crippen molar-refractivity contribution < 1.29 is 9.47 Å². The standard InChI is InChI=1S/C11H18N2O2.ClH/c1-7-4-9(14-2)11(8(13)6-12)10(5-7)15-3;/h4-5,8H,6,12-13H2,1-3H3;1H/t8-;/m0./s1. The first kappa shape index (κ1) is 15.0. The number of methoxy groups -OCH3 is 2. The van der Waals surface area contributed by atoms with Crippen molar-refractivity contribution in [3.63, 3.8) is 0 Å². The van der Waals surface area contributed by atoms with Crippen LogP contribution in [0.15, 0.2) is 12.1 Å². The molecule has 0 bridgehead atoms. The quantitative estimate of drug-likeness (QED) is 0.843. The monoisotopic (exact) mass is 246 g/mol. The molecule has 0 aromatic heterocycles. The molecular formula is C11H19ClN2O2. The summed E-state index contributed by atoms with van der Waals surface area (Å²) < 4.78 is 10.6. The summed E-state index contributed by atoms with van der Waals surface area (Å²) >= 11 is 0. The molecule has 1 rings (SSSR count). The molecule has 0 amide bonds. The summed E-state index contributed by atoms with van der Waals surface area (Å²) in [5.74, 6) is 1.45. The van der Waals surface area contributed by atoms with Crippen LogP contribution >= 0.6 is 12.4 Å². The summed E-state index contributed by atoms with van der Waals surface area (Å²) in [6, 6.07) is 3.58. The van der Waals surface area contributed by atoms with Gasteiger partial charge in [-0.1, -0.05) is 0 Å². The lowest BCUT2D eigenvalue weighted by Gasteiger charge is -2.18. The van der Waals surface area contributed by atoms with Gasteiger partial charge in [-0.2, -0.15) is 0 Å². The lowest BCUT2D eigenvalue weighted by Crippen LogP contribution is -2.22. The van der Waals surface area contributed by atoms with Crippen molar-refractivity contribution in [3.05, 3.63) is 23.3 Å². The molecule has 0 fully saturated rings. The predicted molar refractivity (Wildman–Crippen MR) is 67.5 cm³/mol. The minimum absolute atomic E-state index is 0. The molecule has 16 heavy (non-hydrogen) atoms. The molecule has 4 N–H and O–H groups in total. The van der Waals surface area contributed by atoms with Crippen LogP contribution < -0.4 is 20.9 Å². The second-order valence-corrected chi connectivity index (χ2v) is 3.43. The Morgan fingerprint density at radius 1 is 1.19 bits per heavy atom. The molecule has 92 valence electrons. The molecule has 0 saturated carbocycles. The molecule has 0 radical (unpaired) electrons. The van der Waals surface area contributed by atoms with E-state index in [4.69, 9.17) is 20.9 Å². The van der Waals surface area contributed by atoms with E-state index in [2.05, 4.69) is 0 Å². The van der Waals surface area contributed by atoms with Crippen LogP contribution in [0.2, 0.25) is 0 Å². The van der Waals surface area contributed by atoms with Gasteiger partial charge in [0, 0.05) is 12.6 Å². The van der Waals surface area contributed by atoms with Crippen LogP contribution in [0.1, 0.15) is 17.2 Å². The van der Waals surface area contributed by atoms with Gasteiger partial charge in [0.1, 0.15) is 11.5 Å². The summed E-state index contributed by atoms with van der Waals surface area (Å²) in [5.41, 5.74) is 13.4. The van der Waals surface area contributed by atoms with E-state index in [9.17, 15) is 0 Å². The van der Waals surface area contributed by atoms with Crippen molar-refractivity contribution in [2.45, 2.75) is 13.0 Å². The van der Waals surface area contributed by atoms with Crippen molar-refractivity contribution in [1.82, 2.24) is 0 Å². The largest absolute Gasteiger partial charge is 0.496 e. The molecule has 0 aliphatic rings. The lowest BCUT2D eigenvalue weighted by molar-refractivity contribution is 0.379. The second-order valence-electron chi connectivity index (χ2n) is 3.43. The van der Waals surface area contributed by atoms with Gasteiger partial charge in [-0.25, -0.2) is 0 Å². The molecule has 0 spiro atoms. The number of ether oxygens (including phenoxy) is 2. The first-order chi connectivity index (χ1) is 7.13. The van der Waals surface area contributed by atoms with Gasteiger partial charge in [-0.3, -0.25) is 0 Å². The van der Waals surface area contributed by atoms with E-state index < -0.39 is 0 Å². The normalized spacial score (nSPS) is 11.6. The summed E-state index contributed by atoms with van der Waals surface area (Å²) in [6.45, 7) is 2.33. The third-order valence-corrected chi connectivity index (χ3v) is 2.31. The Labute approximate surface area is 102 Å². The summed E-state index contributed by atoms with van der Waals surface area (Å²) in [4.78, 5) is 0. The van der Waals surface area contributed by atoms with Gasteiger partial charge in [0.05, 0.1) is 19.8 Å². The fraction of sp³-hybridized carbons (Fsp3) is 0.455. The fourth-order valence-corrected chi connectivity index (χ4v) is 1.55. The maximum Gasteiger partial charge on any atom is 0.127 e. The van der Waals surface area contributed by atoms with Crippen molar-refractivity contribution in [1.29, 1.82) is 0 Å². The zero-order chi connectivity index (χ0) is 11.4. The Morgan fingerprint density at radius 2 is 1.62 bits per heavy atom. The predicted octanol–water partition coefficient (Wildman–Crippen LogP) is 1.39. The van der Waals surface area contributed by atoms with Crippen LogP contribution in [0.25, 0.3) is 0 Å². The highest BCUT2D eigenvalue weighted by Gasteiger charge is 2.16. The van der Waals surface area contributed by atoms with Gasteiger partial charge in [0.2, 0.25) is 0 Å². The first-order valence-electron chi connectivity index (χ1n) is 4.82. The molecule has 1 aromatic rings. The average molecular weight is 247 g/mol. The van der Waals surface area contributed by atoms with E-state index in [1.807, 2.05) is 19.1 Å². The SMILES string of the molecule is COc1cc(C)cc(OC)c1[C@@H](N)CN.Cl. The molecule has 0 aliphatic heterocycles. The molecule has 0 unspecified atom stereocenters. The topological polar surface area (TPSA) is 70.5 Å². The Balaban J connectivity index is 0.00000225. The van der Waals surface area contributed by atoms with E-state index in [-0.39, 0.29) is 18.4 Å². The first-order valence-corrected chi connectivity index (χ1v) is 4.82. The molecule has 5 heteroatoms. The average Bonchev–Trinajstić information content (AvgIpc) is 2.26. The maximum atomic E-state index is 5.91. The van der Waals surface area contributed by atoms with E-state index in [0.717, 1.165) is 22.6 Å². The Bertz CT molecular complexity index is 320. The lowest BCUT2D eigenvalue weighted by atomic mass is 10.0. The van der Waals surface area contributed by atoms with Gasteiger partial charge in [0.15, 0.2) is 0 Å². The van der Waals surface area contributed by atoms with Crippen molar-refractivity contribution in [2.24, 2.45) is 11.5 Å². The molecule has 4 nitrogen and oxygen atoms in total. The molecule has 0 saturated heterocycles. The number of rotatable bonds is 4. The number of nitrogens with two attached hydrogens (primary N) is 2. The van der Waals surface area contributed by atoms with Crippen LogP contribution in [0, 0.1) is 6.92 Å². The van der Waals surface area contributed by atoms with Gasteiger partial charge in [0.25, 0.3) is 0 Å². The number of aryl methyl sites for hydroxylation is 1. The summed E-state index contributed by atoms with van der Waals surface area (Å²) in [6.07, 6.45) is 0. The minimum atomic E-state index is -0.268. The zero-order valence-corrected chi connectivity index (χ0v) is 10.6. The van der Waals surface area contributed by atoms with Crippen LogP contribution in [0.5, 0.6) is 11.5 Å². The van der Waals surface area contributed by atoms with E-state index >= 15 is 0 Å². The minimum Gasteiger partial charge on any atom is -0.496 e. The smallest absolute Gasteiger partial charge is 0.127 e. The van der Waals surface area contributed by atoms with E-state index in [1.165, 1.54) is 0 Å². The molecule has 0 heterocycles. The van der Waals surface area contributed by atoms with Crippen LogP contribution in [-0.2, 0) is 0 Å². The van der Waals surface area contributed by atoms with Crippen molar-refractivity contribution >= 4 is 12.4 Å². The molecule has 0 aliphatic carbocycles. The van der Waals surface area contributed by atoms with Gasteiger partial charge in [-0.05, 0) is 24.6 Å². The number of halogens is 1. The Hall–Kier alpha value is -0.970. The summed E-state index contributed by atoms with van der Waals surface area (Å²) in [7, 11) is 3.22. The van der Waals surface area contributed by atoms with E-state index in [0.29, 0.717) is 6.54 Å². The highest BCUT2D eigenvalue weighted by Crippen LogP contribution is 2.34. The molecule has 1 aromatic carbocycles. The van der Waals surface area contributed by atoms with Crippen molar-refractivity contribution in [3.8, 4) is 11.5 Å². The highest BCUT2D eigenvalue weighted by atomic mass is 35.5. The number of hydrogen-bond donors (Lipinski definition) is 2.